The fraction of sp³-hybridized carbons (Fsp3) is 0.200. The van der Waals surface area contributed by atoms with Gasteiger partial charge < -0.3 is 10.1 Å². The summed E-state index contributed by atoms with van der Waals surface area (Å²) < 4.78 is 41.2. The van der Waals surface area contributed by atoms with E-state index in [1.54, 1.807) is 5.32 Å². The van der Waals surface area contributed by atoms with Crippen LogP contribution >= 0.6 is 0 Å². The van der Waals surface area contributed by atoms with Gasteiger partial charge in [-0.2, -0.15) is 8.78 Å². The number of alkyl halides is 2. The molecule has 0 heterocycles. The van der Waals surface area contributed by atoms with Crippen LogP contribution in [0.15, 0.2) is 18.2 Å². The molecule has 0 saturated carbocycles. The molecule has 0 radical (unpaired) electrons. The van der Waals surface area contributed by atoms with E-state index in [-0.39, 0.29) is 11.3 Å². The number of hydrogen-bond acceptors (Lipinski definition) is 3. The Labute approximate surface area is 94.4 Å². The predicted octanol–water partition coefficient (Wildman–Crippen LogP) is 1.82. The van der Waals surface area contributed by atoms with Gasteiger partial charge in [-0.25, -0.2) is 9.18 Å². The van der Waals surface area contributed by atoms with Gasteiger partial charge in [0.2, 0.25) is 0 Å². The summed E-state index contributed by atoms with van der Waals surface area (Å²) in [6.07, 6.45) is -3.26. The maximum atomic E-state index is 12.9. The number of carbonyl (C=O) groups is 2. The van der Waals surface area contributed by atoms with Crippen molar-refractivity contribution in [1.29, 1.82) is 0 Å². The SMILES string of the molecule is COC(=O)c1ccc(F)cc1NC(=O)C(F)F. The largest absolute Gasteiger partial charge is 0.465 e. The molecule has 0 aliphatic rings. The highest BCUT2D eigenvalue weighted by atomic mass is 19.3. The molecular weight excluding hydrogens is 239 g/mol. The normalized spacial score (nSPS) is 10.2. The average molecular weight is 247 g/mol. The maximum Gasteiger partial charge on any atom is 0.339 e. The van der Waals surface area contributed by atoms with E-state index in [4.69, 9.17) is 0 Å². The Balaban J connectivity index is 3.07. The minimum Gasteiger partial charge on any atom is -0.465 e. The summed E-state index contributed by atoms with van der Waals surface area (Å²) in [6.45, 7) is 0. The van der Waals surface area contributed by atoms with Crippen LogP contribution in [0.25, 0.3) is 0 Å². The highest BCUT2D eigenvalue weighted by Gasteiger charge is 2.19. The van der Waals surface area contributed by atoms with E-state index in [1.807, 2.05) is 0 Å². The number of esters is 1. The summed E-state index contributed by atoms with van der Waals surface area (Å²) in [7, 11) is 1.07. The molecule has 7 heteroatoms. The molecule has 0 fully saturated rings. The molecule has 0 saturated heterocycles. The highest BCUT2D eigenvalue weighted by Crippen LogP contribution is 2.18. The third-order valence-corrected chi connectivity index (χ3v) is 1.84. The smallest absolute Gasteiger partial charge is 0.339 e. The summed E-state index contributed by atoms with van der Waals surface area (Å²) in [6, 6.07) is 2.74. The van der Waals surface area contributed by atoms with Gasteiger partial charge in [-0.05, 0) is 18.2 Å². The van der Waals surface area contributed by atoms with Crippen molar-refractivity contribution in [3.8, 4) is 0 Å². The van der Waals surface area contributed by atoms with Gasteiger partial charge in [-0.15, -0.1) is 0 Å². The third-order valence-electron chi connectivity index (χ3n) is 1.84. The molecule has 0 bridgehead atoms. The van der Waals surface area contributed by atoms with Crippen LogP contribution in [0.2, 0.25) is 0 Å². The third kappa shape index (κ3) is 3.20. The monoisotopic (exact) mass is 247 g/mol. The number of amides is 1. The standard InChI is InChI=1S/C10H8F3NO3/c1-17-10(16)6-3-2-5(11)4-7(6)14-9(15)8(12)13/h2-4,8H,1H3,(H,14,15). The van der Waals surface area contributed by atoms with Crippen LogP contribution in [0.1, 0.15) is 10.4 Å². The van der Waals surface area contributed by atoms with Crippen molar-refractivity contribution in [2.24, 2.45) is 0 Å². The molecule has 4 nitrogen and oxygen atoms in total. The summed E-state index contributed by atoms with van der Waals surface area (Å²) >= 11 is 0. The Morgan fingerprint density at radius 1 is 1.35 bits per heavy atom. The van der Waals surface area contributed by atoms with Crippen molar-refractivity contribution < 1.29 is 27.5 Å². The molecule has 0 aromatic heterocycles. The topological polar surface area (TPSA) is 55.4 Å². The van der Waals surface area contributed by atoms with E-state index in [0.717, 1.165) is 25.3 Å². The van der Waals surface area contributed by atoms with E-state index < -0.39 is 24.1 Å². The Kier molecular flexibility index (Phi) is 4.08. The lowest BCUT2D eigenvalue weighted by atomic mass is 10.1. The van der Waals surface area contributed by atoms with E-state index in [9.17, 15) is 22.8 Å². The second-order valence-corrected chi connectivity index (χ2v) is 2.97. The van der Waals surface area contributed by atoms with Gasteiger partial charge in [0.05, 0.1) is 18.4 Å². The minimum absolute atomic E-state index is 0.206. The number of ether oxygens (including phenoxy) is 1. The van der Waals surface area contributed by atoms with Crippen molar-refractivity contribution in [3.05, 3.63) is 29.6 Å². The van der Waals surface area contributed by atoms with Crippen LogP contribution in [-0.2, 0) is 9.53 Å². The molecule has 1 amide bonds. The van der Waals surface area contributed by atoms with Crippen molar-refractivity contribution in [1.82, 2.24) is 0 Å². The van der Waals surface area contributed by atoms with Crippen LogP contribution in [0, 0.1) is 5.82 Å². The van der Waals surface area contributed by atoms with E-state index in [2.05, 4.69) is 4.74 Å². The molecule has 17 heavy (non-hydrogen) atoms. The number of rotatable bonds is 3. The van der Waals surface area contributed by atoms with Crippen LogP contribution < -0.4 is 5.32 Å². The van der Waals surface area contributed by atoms with Crippen LogP contribution in [0.3, 0.4) is 0 Å². The summed E-state index contributed by atoms with van der Waals surface area (Å²) in [4.78, 5) is 22.0. The zero-order chi connectivity index (χ0) is 13.0. The Bertz CT molecular complexity index is 448. The first kappa shape index (κ1) is 13.0. The maximum absolute atomic E-state index is 12.9. The lowest BCUT2D eigenvalue weighted by molar-refractivity contribution is -0.126. The molecule has 1 aromatic rings. The zero-order valence-electron chi connectivity index (χ0n) is 8.67. The second-order valence-electron chi connectivity index (χ2n) is 2.97. The Morgan fingerprint density at radius 3 is 2.53 bits per heavy atom. The van der Waals surface area contributed by atoms with Crippen LogP contribution in [-0.4, -0.2) is 25.4 Å². The Morgan fingerprint density at radius 2 is 2.00 bits per heavy atom. The summed E-state index contributed by atoms with van der Waals surface area (Å²) in [5, 5.41) is 1.74. The lowest BCUT2D eigenvalue weighted by Crippen LogP contribution is -2.22. The van der Waals surface area contributed by atoms with E-state index in [0.29, 0.717) is 0 Å². The number of benzene rings is 1. The van der Waals surface area contributed by atoms with Crippen molar-refractivity contribution in [2.45, 2.75) is 6.43 Å². The number of hydrogen-bond donors (Lipinski definition) is 1. The van der Waals surface area contributed by atoms with E-state index in [1.165, 1.54) is 0 Å². The van der Waals surface area contributed by atoms with Gasteiger partial charge in [0.1, 0.15) is 5.82 Å². The number of nitrogens with one attached hydrogen (secondary N) is 1. The van der Waals surface area contributed by atoms with Crippen molar-refractivity contribution in [2.75, 3.05) is 12.4 Å². The van der Waals surface area contributed by atoms with Crippen LogP contribution in [0.4, 0.5) is 18.9 Å². The summed E-state index contributed by atoms with van der Waals surface area (Å²) in [5.74, 6) is -3.27. The van der Waals surface area contributed by atoms with Gasteiger partial charge in [0, 0.05) is 0 Å². The molecule has 92 valence electrons. The molecule has 0 atom stereocenters. The molecule has 0 aliphatic heterocycles. The highest BCUT2D eigenvalue weighted by molar-refractivity contribution is 6.02. The van der Waals surface area contributed by atoms with Gasteiger partial charge in [0.25, 0.3) is 5.91 Å². The van der Waals surface area contributed by atoms with Gasteiger partial charge in [0.15, 0.2) is 0 Å². The predicted molar refractivity (Wildman–Crippen MR) is 52.4 cm³/mol. The van der Waals surface area contributed by atoms with Crippen molar-refractivity contribution in [3.63, 3.8) is 0 Å². The minimum atomic E-state index is -3.26. The second kappa shape index (κ2) is 5.33. The Hall–Kier alpha value is -2.05. The molecule has 1 N–H and O–H groups in total. The fourth-order valence-corrected chi connectivity index (χ4v) is 1.10. The molecule has 1 aromatic carbocycles. The zero-order valence-corrected chi connectivity index (χ0v) is 8.67. The number of halogens is 3. The van der Waals surface area contributed by atoms with Crippen LogP contribution in [0.5, 0.6) is 0 Å². The number of methoxy groups -OCH3 is 1. The van der Waals surface area contributed by atoms with Gasteiger partial charge >= 0.3 is 12.4 Å². The first-order valence-corrected chi connectivity index (χ1v) is 4.42. The van der Waals surface area contributed by atoms with Gasteiger partial charge in [-0.1, -0.05) is 0 Å². The summed E-state index contributed by atoms with van der Waals surface area (Å²) in [5.41, 5.74) is -0.565. The molecule has 0 spiro atoms. The van der Waals surface area contributed by atoms with Gasteiger partial charge in [-0.3, -0.25) is 4.79 Å². The first-order valence-electron chi connectivity index (χ1n) is 4.42. The molecule has 0 unspecified atom stereocenters. The first-order chi connectivity index (χ1) is 7.95. The lowest BCUT2D eigenvalue weighted by Gasteiger charge is -2.09. The molecular formula is C10H8F3NO3. The average Bonchev–Trinajstić information content (AvgIpc) is 2.28. The fourth-order valence-electron chi connectivity index (χ4n) is 1.10. The molecule has 1 rings (SSSR count). The number of anilines is 1. The molecule has 0 aliphatic carbocycles. The quantitative estimate of drug-likeness (QED) is 0.829. The van der Waals surface area contributed by atoms with Crippen molar-refractivity contribution >= 4 is 17.6 Å². The number of carbonyl (C=O) groups excluding carboxylic acids is 2. The van der Waals surface area contributed by atoms with E-state index >= 15 is 0 Å².